The molecule has 2 aromatic rings. The molecule has 1 aliphatic carbocycles. The fourth-order valence-electron chi connectivity index (χ4n) is 3.26. The minimum absolute atomic E-state index is 0.0824. The van der Waals surface area contributed by atoms with E-state index in [1.165, 1.54) is 24.8 Å². The predicted molar refractivity (Wildman–Crippen MR) is 100 cm³/mol. The van der Waals surface area contributed by atoms with Crippen LogP contribution in [-0.4, -0.2) is 21.9 Å². The van der Waals surface area contributed by atoms with Crippen LogP contribution in [0.3, 0.4) is 0 Å². The van der Waals surface area contributed by atoms with Crippen LogP contribution in [0, 0.1) is 0 Å². The van der Waals surface area contributed by atoms with Gasteiger partial charge in [-0.05, 0) is 30.4 Å². The number of carbonyl (C=O) groups is 1. The van der Waals surface area contributed by atoms with Gasteiger partial charge in [-0.3, -0.25) is 4.79 Å². The first-order valence-corrected chi connectivity index (χ1v) is 9.12. The molecule has 0 bridgehead atoms. The van der Waals surface area contributed by atoms with Crippen molar-refractivity contribution in [2.45, 2.75) is 57.9 Å². The van der Waals surface area contributed by atoms with Crippen molar-refractivity contribution in [1.29, 1.82) is 0 Å². The normalized spacial score (nSPS) is 15.2. The Bertz CT molecular complexity index is 706. The summed E-state index contributed by atoms with van der Waals surface area (Å²) < 4.78 is 0. The molecule has 3 rings (SSSR count). The molecule has 0 spiro atoms. The summed E-state index contributed by atoms with van der Waals surface area (Å²) in [6, 6.07) is 8.42. The quantitative estimate of drug-likeness (QED) is 0.847. The first-order chi connectivity index (χ1) is 12.1. The highest BCUT2D eigenvalue weighted by atomic mass is 16.1. The molecule has 0 aliphatic heterocycles. The second kappa shape index (κ2) is 8.10. The Hall–Kier alpha value is -2.43. The van der Waals surface area contributed by atoms with Crippen LogP contribution in [0.4, 0.5) is 11.6 Å². The minimum atomic E-state index is -0.0824. The van der Waals surface area contributed by atoms with Crippen molar-refractivity contribution in [1.82, 2.24) is 15.3 Å². The molecule has 0 unspecified atom stereocenters. The molecule has 2 N–H and O–H groups in total. The number of amides is 1. The van der Waals surface area contributed by atoms with E-state index in [4.69, 9.17) is 0 Å². The smallest absolute Gasteiger partial charge is 0.254 e. The first kappa shape index (κ1) is 17.4. The van der Waals surface area contributed by atoms with Gasteiger partial charge in [-0.25, -0.2) is 9.97 Å². The van der Waals surface area contributed by atoms with Crippen molar-refractivity contribution in [3.63, 3.8) is 0 Å². The number of aromatic nitrogens is 2. The highest BCUT2D eigenvalue weighted by molar-refractivity contribution is 5.93. The average Bonchev–Trinajstić information content (AvgIpc) is 2.63. The maximum atomic E-state index is 12.3. The third-order valence-corrected chi connectivity index (χ3v) is 4.68. The lowest BCUT2D eigenvalue weighted by atomic mass is 9.95. The lowest BCUT2D eigenvalue weighted by molar-refractivity contribution is 0.0927. The first-order valence-electron chi connectivity index (χ1n) is 9.12. The van der Waals surface area contributed by atoms with Gasteiger partial charge in [-0.1, -0.05) is 51.3 Å². The summed E-state index contributed by atoms with van der Waals surface area (Å²) in [5.41, 5.74) is 2.72. The maximum absolute atomic E-state index is 12.3. The third-order valence-electron chi connectivity index (χ3n) is 4.68. The second-order valence-corrected chi connectivity index (χ2v) is 6.97. The van der Waals surface area contributed by atoms with Crippen LogP contribution in [0.5, 0.6) is 0 Å². The summed E-state index contributed by atoms with van der Waals surface area (Å²) in [6.07, 6.45) is 8.97. The SMILES string of the molecule is CC(C)c1ccccc1Nc1ncc(C(=O)NC2CCCCC2)cn1. The molecular weight excluding hydrogens is 312 g/mol. The molecule has 1 saturated carbocycles. The van der Waals surface area contributed by atoms with Crippen molar-refractivity contribution in [2.24, 2.45) is 0 Å². The van der Waals surface area contributed by atoms with E-state index in [0.717, 1.165) is 18.5 Å². The molecule has 132 valence electrons. The molecule has 5 heteroatoms. The number of nitrogens with one attached hydrogen (secondary N) is 2. The third kappa shape index (κ3) is 4.56. The average molecular weight is 338 g/mol. The summed E-state index contributed by atoms with van der Waals surface area (Å²) >= 11 is 0. The van der Waals surface area contributed by atoms with Crippen LogP contribution in [0.2, 0.25) is 0 Å². The molecule has 1 heterocycles. The topological polar surface area (TPSA) is 66.9 Å². The number of para-hydroxylation sites is 1. The van der Waals surface area contributed by atoms with Gasteiger partial charge in [-0.15, -0.1) is 0 Å². The zero-order valence-electron chi connectivity index (χ0n) is 15.0. The monoisotopic (exact) mass is 338 g/mol. The molecule has 1 fully saturated rings. The molecular formula is C20H26N4O. The van der Waals surface area contributed by atoms with E-state index in [9.17, 15) is 4.79 Å². The minimum Gasteiger partial charge on any atom is -0.349 e. The van der Waals surface area contributed by atoms with Crippen molar-refractivity contribution < 1.29 is 4.79 Å². The van der Waals surface area contributed by atoms with Gasteiger partial charge in [0.25, 0.3) is 5.91 Å². The molecule has 0 saturated heterocycles. The Kier molecular flexibility index (Phi) is 5.64. The number of hydrogen-bond acceptors (Lipinski definition) is 4. The van der Waals surface area contributed by atoms with Gasteiger partial charge < -0.3 is 10.6 Å². The van der Waals surface area contributed by atoms with Gasteiger partial charge in [0.15, 0.2) is 0 Å². The van der Waals surface area contributed by atoms with Gasteiger partial charge in [0.05, 0.1) is 5.56 Å². The van der Waals surface area contributed by atoms with E-state index >= 15 is 0 Å². The number of nitrogens with zero attached hydrogens (tertiary/aromatic N) is 2. The fraction of sp³-hybridized carbons (Fsp3) is 0.450. The zero-order chi connectivity index (χ0) is 17.6. The Morgan fingerprint density at radius 3 is 2.44 bits per heavy atom. The maximum Gasteiger partial charge on any atom is 0.254 e. The van der Waals surface area contributed by atoms with E-state index in [1.54, 1.807) is 12.4 Å². The predicted octanol–water partition coefficient (Wildman–Crippen LogP) is 4.41. The van der Waals surface area contributed by atoms with E-state index in [1.807, 2.05) is 18.2 Å². The lowest BCUT2D eigenvalue weighted by Gasteiger charge is -2.22. The highest BCUT2D eigenvalue weighted by Gasteiger charge is 2.17. The van der Waals surface area contributed by atoms with Crippen LogP contribution in [0.1, 0.15) is 67.8 Å². The van der Waals surface area contributed by atoms with Crippen molar-refractivity contribution in [2.75, 3.05) is 5.32 Å². The van der Waals surface area contributed by atoms with E-state index in [2.05, 4.69) is 40.5 Å². The fourth-order valence-corrected chi connectivity index (χ4v) is 3.26. The Morgan fingerprint density at radius 2 is 1.76 bits per heavy atom. The van der Waals surface area contributed by atoms with Crippen LogP contribution in [0.15, 0.2) is 36.7 Å². The van der Waals surface area contributed by atoms with E-state index in [0.29, 0.717) is 17.4 Å². The zero-order valence-corrected chi connectivity index (χ0v) is 15.0. The van der Waals surface area contributed by atoms with Gasteiger partial charge in [0.2, 0.25) is 5.95 Å². The number of rotatable bonds is 5. The van der Waals surface area contributed by atoms with E-state index in [-0.39, 0.29) is 11.9 Å². The van der Waals surface area contributed by atoms with Crippen molar-refractivity contribution in [3.8, 4) is 0 Å². The van der Waals surface area contributed by atoms with Gasteiger partial charge in [-0.2, -0.15) is 0 Å². The Labute approximate surface area is 149 Å². The standard InChI is InChI=1S/C20H26N4O/c1-14(2)17-10-6-7-11-18(17)24-20-21-12-15(13-22-20)19(25)23-16-8-4-3-5-9-16/h6-7,10-14,16H,3-5,8-9H2,1-2H3,(H,23,25)(H,21,22,24). The van der Waals surface area contributed by atoms with Crippen LogP contribution in [0.25, 0.3) is 0 Å². The molecule has 5 nitrogen and oxygen atoms in total. The summed E-state index contributed by atoms with van der Waals surface area (Å²) in [4.78, 5) is 20.9. The molecule has 1 aromatic carbocycles. The lowest BCUT2D eigenvalue weighted by Crippen LogP contribution is -2.36. The van der Waals surface area contributed by atoms with Crippen LogP contribution in [-0.2, 0) is 0 Å². The van der Waals surface area contributed by atoms with Gasteiger partial charge >= 0.3 is 0 Å². The number of anilines is 2. The molecule has 25 heavy (non-hydrogen) atoms. The van der Waals surface area contributed by atoms with Gasteiger partial charge in [0.1, 0.15) is 0 Å². The van der Waals surface area contributed by atoms with Gasteiger partial charge in [0, 0.05) is 24.1 Å². The second-order valence-electron chi connectivity index (χ2n) is 6.97. The molecule has 0 radical (unpaired) electrons. The number of carbonyl (C=O) groups excluding carboxylic acids is 1. The summed E-state index contributed by atoms with van der Waals surface area (Å²) in [6.45, 7) is 4.31. The van der Waals surface area contributed by atoms with Crippen LogP contribution >= 0.6 is 0 Å². The summed E-state index contributed by atoms with van der Waals surface area (Å²) in [5.74, 6) is 0.826. The van der Waals surface area contributed by atoms with E-state index < -0.39 is 0 Å². The molecule has 1 aromatic heterocycles. The van der Waals surface area contributed by atoms with Crippen molar-refractivity contribution in [3.05, 3.63) is 47.8 Å². The molecule has 1 amide bonds. The molecule has 1 aliphatic rings. The Morgan fingerprint density at radius 1 is 1.08 bits per heavy atom. The highest BCUT2D eigenvalue weighted by Crippen LogP contribution is 2.25. The largest absolute Gasteiger partial charge is 0.349 e. The summed E-state index contributed by atoms with van der Waals surface area (Å²) in [5, 5.41) is 6.34. The van der Waals surface area contributed by atoms with Crippen molar-refractivity contribution >= 4 is 17.5 Å². The summed E-state index contributed by atoms with van der Waals surface area (Å²) in [7, 11) is 0. The number of benzene rings is 1. The molecule has 0 atom stereocenters. The number of hydrogen-bond donors (Lipinski definition) is 2. The Balaban J connectivity index is 1.65. The van der Waals surface area contributed by atoms with Crippen LogP contribution < -0.4 is 10.6 Å².